The molecule has 0 saturated heterocycles. The van der Waals surface area contributed by atoms with Crippen molar-refractivity contribution in [3.05, 3.63) is 40.0 Å². The lowest BCUT2D eigenvalue weighted by molar-refractivity contribution is -0.151. The van der Waals surface area contributed by atoms with Gasteiger partial charge in [0.05, 0.1) is 13.0 Å². The van der Waals surface area contributed by atoms with Crippen LogP contribution in [0.4, 0.5) is 0 Å². The first-order valence-corrected chi connectivity index (χ1v) is 15.1. The predicted molar refractivity (Wildman–Crippen MR) is 152 cm³/mol. The molecule has 214 valence electrons. The van der Waals surface area contributed by atoms with Crippen LogP contribution in [0, 0.1) is 0 Å². The van der Waals surface area contributed by atoms with E-state index in [9.17, 15) is 24.0 Å². The molecule has 3 N–H and O–H groups in total. The normalized spacial score (nSPS) is 20.4. The second-order valence-corrected chi connectivity index (χ2v) is 11.1. The largest absolute Gasteiger partial charge is 0.456 e. The number of carbonyl (C=O) groups excluding carboxylic acids is 5. The number of thiazole rings is 1. The molecule has 1 aliphatic heterocycles. The highest BCUT2D eigenvalue weighted by molar-refractivity contribution is 8.13. The van der Waals surface area contributed by atoms with E-state index in [4.69, 9.17) is 4.74 Å². The standard InChI is InChI=1S/C27H38N4O6S2/c1-4-6-7-8-9-13-24(33)38-14-11-10-12-19-15-22(32)28-16-23-30-21(17-39-23)26(35)31-20(5-2)25(34)29-18(3)27(36)37-19/h5,10,12,17-19H,4,6-9,11,13-16H2,1-3H3,(H,28,32)(H,29,34)(H,31,35)/t18-,19-/m1/s1. The minimum Gasteiger partial charge on any atom is -0.456 e. The van der Waals surface area contributed by atoms with Crippen LogP contribution in [0.3, 0.4) is 0 Å². The zero-order valence-electron chi connectivity index (χ0n) is 22.7. The minimum atomic E-state index is -1.03. The number of hydrogen-bond donors (Lipinski definition) is 3. The molecule has 0 radical (unpaired) electrons. The van der Waals surface area contributed by atoms with Crippen molar-refractivity contribution < 1.29 is 28.7 Å². The highest BCUT2D eigenvalue weighted by atomic mass is 32.2. The summed E-state index contributed by atoms with van der Waals surface area (Å²) in [6.07, 6.45) is 10.5. The van der Waals surface area contributed by atoms with Gasteiger partial charge in [-0.3, -0.25) is 19.2 Å². The summed E-state index contributed by atoms with van der Waals surface area (Å²) in [4.78, 5) is 66.6. The summed E-state index contributed by atoms with van der Waals surface area (Å²) in [6.45, 7) is 5.30. The quantitative estimate of drug-likeness (QED) is 0.165. The van der Waals surface area contributed by atoms with Crippen LogP contribution in [0.2, 0.25) is 0 Å². The molecule has 12 heteroatoms. The molecular formula is C27H38N4O6S2. The van der Waals surface area contributed by atoms with Gasteiger partial charge in [-0.2, -0.15) is 0 Å². The van der Waals surface area contributed by atoms with Crippen LogP contribution >= 0.6 is 23.1 Å². The van der Waals surface area contributed by atoms with E-state index >= 15 is 0 Å². The van der Waals surface area contributed by atoms with Crippen LogP contribution in [0.15, 0.2) is 29.3 Å². The van der Waals surface area contributed by atoms with Crippen molar-refractivity contribution in [2.24, 2.45) is 0 Å². The number of unbranched alkanes of at least 4 members (excludes halogenated alkanes) is 4. The van der Waals surface area contributed by atoms with Gasteiger partial charge in [-0.25, -0.2) is 9.78 Å². The molecule has 2 rings (SSSR count). The van der Waals surface area contributed by atoms with Crippen LogP contribution in [0.5, 0.6) is 0 Å². The molecule has 10 nitrogen and oxygen atoms in total. The zero-order chi connectivity index (χ0) is 28.6. The van der Waals surface area contributed by atoms with Crippen molar-refractivity contribution >= 4 is 51.9 Å². The molecule has 0 unspecified atom stereocenters. The molecule has 2 atom stereocenters. The smallest absolute Gasteiger partial charge is 0.328 e. The van der Waals surface area contributed by atoms with Crippen LogP contribution in [-0.2, 0) is 30.5 Å². The van der Waals surface area contributed by atoms with E-state index in [1.807, 2.05) is 0 Å². The van der Waals surface area contributed by atoms with Gasteiger partial charge in [-0.05, 0) is 32.8 Å². The van der Waals surface area contributed by atoms with E-state index in [0.29, 0.717) is 23.6 Å². The molecular weight excluding hydrogens is 540 g/mol. The second kappa shape index (κ2) is 17.6. The molecule has 1 aliphatic rings. The lowest BCUT2D eigenvalue weighted by Crippen LogP contribution is -2.44. The number of cyclic esters (lactones) is 1. The van der Waals surface area contributed by atoms with E-state index in [-0.39, 0.29) is 35.4 Å². The van der Waals surface area contributed by atoms with Gasteiger partial charge >= 0.3 is 5.97 Å². The maximum atomic E-state index is 12.7. The Hall–Kier alpha value is -2.99. The molecule has 39 heavy (non-hydrogen) atoms. The topological polar surface area (TPSA) is 144 Å². The Bertz CT molecular complexity index is 1070. The van der Waals surface area contributed by atoms with Crippen molar-refractivity contribution in [1.82, 2.24) is 20.9 Å². The van der Waals surface area contributed by atoms with E-state index in [1.165, 1.54) is 54.3 Å². The number of nitrogens with one attached hydrogen (secondary N) is 3. The third-order valence-corrected chi connectivity index (χ3v) is 7.56. The van der Waals surface area contributed by atoms with Gasteiger partial charge in [0, 0.05) is 17.6 Å². The number of thioether (sulfide) groups is 1. The number of rotatable bonds is 10. The first-order valence-electron chi connectivity index (χ1n) is 13.3. The number of ether oxygens (including phenoxy) is 1. The number of amides is 3. The van der Waals surface area contributed by atoms with Gasteiger partial charge in [0.25, 0.3) is 11.8 Å². The number of allylic oxidation sites excluding steroid dienone is 2. The lowest BCUT2D eigenvalue weighted by atomic mass is 10.1. The summed E-state index contributed by atoms with van der Waals surface area (Å²) in [7, 11) is 0. The maximum absolute atomic E-state index is 12.7. The molecule has 0 aromatic carbocycles. The fourth-order valence-corrected chi connectivity index (χ4v) is 5.02. The Morgan fingerprint density at radius 3 is 2.69 bits per heavy atom. The summed E-state index contributed by atoms with van der Waals surface area (Å²) >= 11 is 2.48. The number of aromatic nitrogens is 1. The predicted octanol–water partition coefficient (Wildman–Crippen LogP) is 3.78. The van der Waals surface area contributed by atoms with E-state index in [0.717, 1.165) is 19.3 Å². The van der Waals surface area contributed by atoms with Crippen LogP contribution in [0.25, 0.3) is 0 Å². The van der Waals surface area contributed by atoms with Crippen LogP contribution in [-0.4, -0.2) is 51.7 Å². The van der Waals surface area contributed by atoms with Crippen molar-refractivity contribution in [3.63, 3.8) is 0 Å². The van der Waals surface area contributed by atoms with Gasteiger partial charge in [0.15, 0.2) is 5.12 Å². The number of nitrogens with zero attached hydrogens (tertiary/aromatic N) is 1. The van der Waals surface area contributed by atoms with Gasteiger partial charge in [0.1, 0.15) is 28.5 Å². The molecule has 0 spiro atoms. The fraction of sp³-hybridized carbons (Fsp3) is 0.556. The molecule has 1 aromatic rings. The summed E-state index contributed by atoms with van der Waals surface area (Å²) in [5.41, 5.74) is 0.0867. The Balaban J connectivity index is 2.00. The summed E-state index contributed by atoms with van der Waals surface area (Å²) in [6, 6.07) is -1.03. The monoisotopic (exact) mass is 578 g/mol. The van der Waals surface area contributed by atoms with Crippen molar-refractivity contribution in [1.29, 1.82) is 0 Å². The number of hydrogen-bond acceptors (Lipinski definition) is 9. The average molecular weight is 579 g/mol. The third-order valence-electron chi connectivity index (χ3n) is 5.74. The van der Waals surface area contributed by atoms with Crippen molar-refractivity contribution in [3.8, 4) is 0 Å². The Kier molecular flexibility index (Phi) is 14.5. The zero-order valence-corrected chi connectivity index (χ0v) is 24.4. The second-order valence-electron chi connectivity index (χ2n) is 9.04. The third kappa shape index (κ3) is 12.2. The lowest BCUT2D eigenvalue weighted by Gasteiger charge is -2.19. The Morgan fingerprint density at radius 1 is 1.18 bits per heavy atom. The number of fused-ring (bicyclic) bond motifs is 2. The van der Waals surface area contributed by atoms with Crippen LogP contribution in [0.1, 0.15) is 87.6 Å². The van der Waals surface area contributed by atoms with Crippen LogP contribution < -0.4 is 16.0 Å². The molecule has 1 aromatic heterocycles. The average Bonchev–Trinajstić information content (AvgIpc) is 3.38. The highest BCUT2D eigenvalue weighted by Gasteiger charge is 2.25. The first kappa shape index (κ1) is 32.2. The first-order chi connectivity index (χ1) is 18.7. The maximum Gasteiger partial charge on any atom is 0.328 e. The SMILES string of the molecule is CC=C1NC(=O)c2csc(n2)CNC(=O)C[C@@H](C=CCCSC(=O)CCCCCCC)OC(=O)[C@@H](C)NC1=O. The molecule has 0 aliphatic carbocycles. The highest BCUT2D eigenvalue weighted by Crippen LogP contribution is 2.14. The summed E-state index contributed by atoms with van der Waals surface area (Å²) < 4.78 is 5.52. The van der Waals surface area contributed by atoms with E-state index in [1.54, 1.807) is 19.1 Å². The Morgan fingerprint density at radius 2 is 1.95 bits per heavy atom. The molecule has 0 saturated carbocycles. The van der Waals surface area contributed by atoms with Gasteiger partial charge in [-0.1, -0.05) is 56.5 Å². The Labute approximate surface area is 237 Å². The fourth-order valence-electron chi connectivity index (χ4n) is 3.54. The summed E-state index contributed by atoms with van der Waals surface area (Å²) in [5.74, 6) is -1.74. The molecule has 2 heterocycles. The van der Waals surface area contributed by atoms with E-state index in [2.05, 4.69) is 27.9 Å². The number of carbonyl (C=O) groups is 5. The summed E-state index contributed by atoms with van der Waals surface area (Å²) in [5, 5.41) is 9.94. The van der Waals surface area contributed by atoms with Gasteiger partial charge in [-0.15, -0.1) is 11.3 Å². The minimum absolute atomic E-state index is 0.0287. The molecule has 3 amide bonds. The van der Waals surface area contributed by atoms with Gasteiger partial charge in [0.2, 0.25) is 5.91 Å². The molecule has 2 bridgehead atoms. The van der Waals surface area contributed by atoms with E-state index < -0.39 is 29.9 Å². The van der Waals surface area contributed by atoms with Crippen molar-refractivity contribution in [2.45, 2.75) is 90.8 Å². The molecule has 0 fully saturated rings. The van der Waals surface area contributed by atoms with Gasteiger partial charge < -0.3 is 20.7 Å². The van der Waals surface area contributed by atoms with Crippen molar-refractivity contribution in [2.75, 3.05) is 5.75 Å². The number of esters is 1.